The highest BCUT2D eigenvalue weighted by atomic mass is 35.5. The van der Waals surface area contributed by atoms with Crippen LogP contribution in [0.1, 0.15) is 10.4 Å². The van der Waals surface area contributed by atoms with Crippen LogP contribution in [0, 0.1) is 13.8 Å². The number of aromatic nitrogens is 2. The molecular weight excluding hydrogens is 350 g/mol. The molecule has 0 fully saturated rings. The molecule has 2 heterocycles. The Morgan fingerprint density at radius 2 is 2.04 bits per heavy atom. The average molecular weight is 364 g/mol. The maximum atomic E-state index is 12.4. The Bertz CT molecular complexity index is 1060. The number of H-pyrrole nitrogens is 1. The van der Waals surface area contributed by atoms with Crippen LogP contribution in [0.25, 0.3) is 10.2 Å². The van der Waals surface area contributed by atoms with Gasteiger partial charge >= 0.3 is 5.69 Å². The van der Waals surface area contributed by atoms with Gasteiger partial charge in [-0.05, 0) is 43.7 Å². The number of amides is 1. The summed E-state index contributed by atoms with van der Waals surface area (Å²) < 4.78 is 0.898. The third-order valence-corrected chi connectivity index (χ3v) is 4.76. The summed E-state index contributed by atoms with van der Waals surface area (Å²) in [6, 6.07) is 6.75. The lowest BCUT2D eigenvalue weighted by atomic mass is 10.2. The van der Waals surface area contributed by atoms with E-state index in [0.717, 1.165) is 15.0 Å². The van der Waals surface area contributed by atoms with E-state index in [-0.39, 0.29) is 6.54 Å². The number of halogens is 1. The van der Waals surface area contributed by atoms with E-state index in [1.54, 1.807) is 31.2 Å². The van der Waals surface area contributed by atoms with Crippen molar-refractivity contribution in [1.82, 2.24) is 9.55 Å². The van der Waals surface area contributed by atoms with Gasteiger partial charge in [0.2, 0.25) is 5.91 Å². The maximum Gasteiger partial charge on any atom is 0.329 e. The summed E-state index contributed by atoms with van der Waals surface area (Å²) in [5.41, 5.74) is 0.306. The number of aromatic amines is 1. The second-order valence-corrected chi connectivity index (χ2v) is 7.12. The van der Waals surface area contributed by atoms with E-state index in [0.29, 0.717) is 20.9 Å². The number of hydrogen-bond acceptors (Lipinski definition) is 4. The number of carbonyl (C=O) groups is 1. The maximum absolute atomic E-state index is 12.4. The SMILES string of the molecule is Cc1cc2c(=O)n(CC(=O)Nc3ccc(Cl)cc3C)c(=O)[nH]c2s1. The molecule has 24 heavy (non-hydrogen) atoms. The topological polar surface area (TPSA) is 84.0 Å². The van der Waals surface area contributed by atoms with Crippen LogP contribution in [0.3, 0.4) is 0 Å². The van der Waals surface area contributed by atoms with E-state index in [1.807, 2.05) is 6.92 Å². The molecule has 2 aromatic heterocycles. The molecule has 1 amide bonds. The molecule has 2 N–H and O–H groups in total. The minimum absolute atomic E-state index is 0.360. The highest BCUT2D eigenvalue weighted by Gasteiger charge is 2.13. The van der Waals surface area contributed by atoms with Gasteiger partial charge in [0.25, 0.3) is 5.56 Å². The van der Waals surface area contributed by atoms with Gasteiger partial charge in [-0.3, -0.25) is 19.1 Å². The zero-order valence-corrected chi connectivity index (χ0v) is 14.5. The summed E-state index contributed by atoms with van der Waals surface area (Å²) in [5, 5.41) is 3.66. The van der Waals surface area contributed by atoms with Crippen molar-refractivity contribution in [2.24, 2.45) is 0 Å². The molecule has 1 aromatic carbocycles. The highest BCUT2D eigenvalue weighted by molar-refractivity contribution is 7.18. The first-order valence-electron chi connectivity index (χ1n) is 7.14. The van der Waals surface area contributed by atoms with Crippen LogP contribution in [0.4, 0.5) is 5.69 Å². The average Bonchev–Trinajstić information content (AvgIpc) is 2.87. The number of rotatable bonds is 3. The molecule has 0 aliphatic rings. The monoisotopic (exact) mass is 363 g/mol. The predicted octanol–water partition coefficient (Wildman–Crippen LogP) is 2.66. The van der Waals surface area contributed by atoms with Crippen molar-refractivity contribution in [3.05, 3.63) is 60.6 Å². The number of fused-ring (bicyclic) bond motifs is 1. The van der Waals surface area contributed by atoms with Crippen LogP contribution in [-0.2, 0) is 11.3 Å². The molecule has 3 aromatic rings. The smallest absolute Gasteiger partial charge is 0.324 e. The lowest BCUT2D eigenvalue weighted by molar-refractivity contribution is -0.116. The first kappa shape index (κ1) is 16.5. The van der Waals surface area contributed by atoms with Crippen LogP contribution >= 0.6 is 22.9 Å². The van der Waals surface area contributed by atoms with Gasteiger partial charge < -0.3 is 5.32 Å². The van der Waals surface area contributed by atoms with Crippen molar-refractivity contribution in [2.45, 2.75) is 20.4 Å². The third kappa shape index (κ3) is 3.13. The molecule has 0 saturated heterocycles. The number of hydrogen-bond donors (Lipinski definition) is 2. The lowest BCUT2D eigenvalue weighted by Gasteiger charge is -2.09. The molecular formula is C16H14ClN3O3S. The van der Waals surface area contributed by atoms with E-state index >= 15 is 0 Å². The summed E-state index contributed by atoms with van der Waals surface area (Å²) in [7, 11) is 0. The van der Waals surface area contributed by atoms with E-state index in [2.05, 4.69) is 10.3 Å². The summed E-state index contributed by atoms with van der Waals surface area (Å²) in [4.78, 5) is 40.8. The van der Waals surface area contributed by atoms with E-state index in [1.165, 1.54) is 11.3 Å². The first-order valence-corrected chi connectivity index (χ1v) is 8.34. The molecule has 124 valence electrons. The largest absolute Gasteiger partial charge is 0.329 e. The highest BCUT2D eigenvalue weighted by Crippen LogP contribution is 2.20. The number of nitrogens with zero attached hydrogens (tertiary/aromatic N) is 1. The summed E-state index contributed by atoms with van der Waals surface area (Å²) in [6.45, 7) is 3.30. The van der Waals surface area contributed by atoms with Gasteiger partial charge in [-0.25, -0.2) is 4.79 Å². The number of aryl methyl sites for hydroxylation is 2. The Labute approximate surface area is 145 Å². The molecule has 0 aliphatic heterocycles. The molecule has 0 bridgehead atoms. The van der Waals surface area contributed by atoms with Gasteiger partial charge in [0.1, 0.15) is 11.4 Å². The second kappa shape index (κ2) is 6.26. The lowest BCUT2D eigenvalue weighted by Crippen LogP contribution is -2.38. The van der Waals surface area contributed by atoms with Gasteiger partial charge in [0.15, 0.2) is 0 Å². The van der Waals surface area contributed by atoms with Crippen molar-refractivity contribution >= 4 is 44.7 Å². The minimum Gasteiger partial charge on any atom is -0.324 e. The van der Waals surface area contributed by atoms with Crippen LogP contribution in [0.15, 0.2) is 33.9 Å². The van der Waals surface area contributed by atoms with Gasteiger partial charge in [-0.1, -0.05) is 11.6 Å². The number of benzene rings is 1. The van der Waals surface area contributed by atoms with E-state index in [4.69, 9.17) is 11.6 Å². The molecule has 0 atom stereocenters. The molecule has 0 unspecified atom stereocenters. The van der Waals surface area contributed by atoms with Gasteiger partial charge in [0.05, 0.1) is 5.39 Å². The van der Waals surface area contributed by atoms with Crippen molar-refractivity contribution in [1.29, 1.82) is 0 Å². The van der Waals surface area contributed by atoms with Crippen LogP contribution in [0.5, 0.6) is 0 Å². The fourth-order valence-electron chi connectivity index (χ4n) is 2.41. The molecule has 8 heteroatoms. The zero-order valence-electron chi connectivity index (χ0n) is 13.0. The Hall–Kier alpha value is -2.38. The standard InChI is InChI=1S/C16H14ClN3O3S/c1-8-5-10(17)3-4-12(8)18-13(21)7-20-15(22)11-6-9(2)24-14(11)19-16(20)23/h3-6H,7H2,1-2H3,(H,18,21)(H,19,23). The third-order valence-electron chi connectivity index (χ3n) is 3.56. The number of anilines is 1. The summed E-state index contributed by atoms with van der Waals surface area (Å²) >= 11 is 7.21. The van der Waals surface area contributed by atoms with Crippen LogP contribution in [0.2, 0.25) is 5.02 Å². The van der Waals surface area contributed by atoms with Gasteiger partial charge in [0, 0.05) is 15.6 Å². The Kier molecular flexibility index (Phi) is 4.29. The molecule has 0 saturated carbocycles. The summed E-state index contributed by atoms with van der Waals surface area (Å²) in [6.07, 6.45) is 0. The number of carbonyl (C=O) groups excluding carboxylic acids is 1. The van der Waals surface area contributed by atoms with Crippen molar-refractivity contribution in [3.63, 3.8) is 0 Å². The molecule has 6 nitrogen and oxygen atoms in total. The fourth-order valence-corrected chi connectivity index (χ4v) is 3.53. The van der Waals surface area contributed by atoms with Gasteiger partial charge in [-0.15, -0.1) is 11.3 Å². The fraction of sp³-hybridized carbons (Fsp3) is 0.188. The normalized spacial score (nSPS) is 11.0. The van der Waals surface area contributed by atoms with Gasteiger partial charge in [-0.2, -0.15) is 0 Å². The number of thiophene rings is 1. The Morgan fingerprint density at radius 1 is 1.29 bits per heavy atom. The quantitative estimate of drug-likeness (QED) is 0.750. The van der Waals surface area contributed by atoms with Crippen molar-refractivity contribution in [2.75, 3.05) is 5.32 Å². The van der Waals surface area contributed by atoms with Crippen molar-refractivity contribution in [3.8, 4) is 0 Å². The summed E-state index contributed by atoms with van der Waals surface area (Å²) in [5.74, 6) is -0.459. The molecule has 0 aliphatic carbocycles. The molecule has 0 radical (unpaired) electrons. The Morgan fingerprint density at radius 3 is 2.75 bits per heavy atom. The molecule has 3 rings (SSSR count). The Balaban J connectivity index is 1.90. The zero-order chi connectivity index (χ0) is 17.4. The predicted molar refractivity (Wildman–Crippen MR) is 96.3 cm³/mol. The first-order chi connectivity index (χ1) is 11.3. The second-order valence-electron chi connectivity index (χ2n) is 5.43. The van der Waals surface area contributed by atoms with E-state index in [9.17, 15) is 14.4 Å². The molecule has 0 spiro atoms. The van der Waals surface area contributed by atoms with Crippen LogP contribution < -0.4 is 16.6 Å². The number of nitrogens with one attached hydrogen (secondary N) is 2. The van der Waals surface area contributed by atoms with Crippen LogP contribution in [-0.4, -0.2) is 15.5 Å². The van der Waals surface area contributed by atoms with E-state index < -0.39 is 17.2 Å². The van der Waals surface area contributed by atoms with Crippen molar-refractivity contribution < 1.29 is 4.79 Å². The minimum atomic E-state index is -0.600.